The van der Waals surface area contributed by atoms with E-state index in [1.54, 1.807) is 11.7 Å². The van der Waals surface area contributed by atoms with Crippen LogP contribution in [-0.2, 0) is 18.3 Å². The Bertz CT molecular complexity index is 1110. The molecule has 1 atom stereocenters. The van der Waals surface area contributed by atoms with Gasteiger partial charge in [0.05, 0.1) is 17.4 Å². The lowest BCUT2D eigenvalue weighted by Crippen LogP contribution is -2.44. The number of aryl methyl sites for hydroxylation is 2. The number of carbonyl (C=O) groups is 1. The molecule has 0 radical (unpaired) electrons. The molecule has 6 nitrogen and oxygen atoms in total. The van der Waals surface area contributed by atoms with Gasteiger partial charge in [-0.3, -0.25) is 14.4 Å². The monoisotopic (exact) mass is 432 g/mol. The number of nitrogens with one attached hydrogen (secondary N) is 1. The third-order valence-electron chi connectivity index (χ3n) is 7.05. The number of likely N-dealkylation sites (tertiary alicyclic amines) is 1. The van der Waals surface area contributed by atoms with E-state index >= 15 is 0 Å². The first-order chi connectivity index (χ1) is 15.5. The molecule has 1 amide bonds. The van der Waals surface area contributed by atoms with Gasteiger partial charge in [-0.15, -0.1) is 0 Å². The fraction of sp³-hybridized carbons (Fsp3) is 0.462. The standard InChI is InChI=1S/C26H32N4O2/c1-19-15-24(29(2)28-19)25(31)27-17-23-9-10-26(32-23)11-13-30(14-12-26)18-20-7-8-21-5-3-4-6-22(21)16-20/h3-8,15-16,23H,9-14,17-18H2,1-2H3,(H,27,31). The summed E-state index contributed by atoms with van der Waals surface area (Å²) in [6.07, 6.45) is 4.32. The minimum Gasteiger partial charge on any atom is -0.370 e. The average molecular weight is 433 g/mol. The van der Waals surface area contributed by atoms with E-state index in [4.69, 9.17) is 4.74 Å². The molecular formula is C26H32N4O2. The number of benzene rings is 2. The van der Waals surface area contributed by atoms with Gasteiger partial charge < -0.3 is 10.1 Å². The molecule has 2 saturated heterocycles. The highest BCUT2D eigenvalue weighted by Gasteiger charge is 2.42. The first-order valence-electron chi connectivity index (χ1n) is 11.7. The maximum atomic E-state index is 12.5. The van der Waals surface area contributed by atoms with E-state index in [2.05, 4.69) is 57.8 Å². The average Bonchev–Trinajstić information content (AvgIpc) is 3.36. The van der Waals surface area contributed by atoms with Crippen molar-refractivity contribution in [3.8, 4) is 0 Å². The van der Waals surface area contributed by atoms with Gasteiger partial charge in [0, 0.05) is 33.2 Å². The molecule has 0 bridgehead atoms. The molecule has 3 aromatic rings. The number of hydrogen-bond donors (Lipinski definition) is 1. The molecule has 5 rings (SSSR count). The first kappa shape index (κ1) is 21.2. The molecule has 1 N–H and O–H groups in total. The van der Waals surface area contributed by atoms with E-state index in [1.165, 1.54) is 16.3 Å². The summed E-state index contributed by atoms with van der Waals surface area (Å²) in [6.45, 7) is 5.56. The van der Waals surface area contributed by atoms with Gasteiger partial charge in [0.15, 0.2) is 0 Å². The maximum absolute atomic E-state index is 12.5. The normalized spacial score (nSPS) is 20.8. The van der Waals surface area contributed by atoms with E-state index in [0.717, 1.165) is 51.0 Å². The number of hydrogen-bond acceptors (Lipinski definition) is 4. The summed E-state index contributed by atoms with van der Waals surface area (Å²) in [5.74, 6) is -0.0807. The number of rotatable bonds is 5. The Balaban J connectivity index is 1.11. The summed E-state index contributed by atoms with van der Waals surface area (Å²) in [7, 11) is 1.80. The molecule has 0 saturated carbocycles. The third-order valence-corrected chi connectivity index (χ3v) is 7.05. The van der Waals surface area contributed by atoms with E-state index in [-0.39, 0.29) is 17.6 Å². The Hall–Kier alpha value is -2.70. The van der Waals surface area contributed by atoms with Crippen LogP contribution in [0.3, 0.4) is 0 Å². The molecule has 0 aliphatic carbocycles. The lowest BCUT2D eigenvalue weighted by molar-refractivity contribution is -0.0764. The molecule has 3 heterocycles. The highest BCUT2D eigenvalue weighted by molar-refractivity contribution is 5.92. The van der Waals surface area contributed by atoms with Crippen molar-refractivity contribution in [1.82, 2.24) is 20.0 Å². The lowest BCUT2D eigenvalue weighted by atomic mass is 9.88. The van der Waals surface area contributed by atoms with Crippen molar-refractivity contribution >= 4 is 16.7 Å². The highest BCUT2D eigenvalue weighted by atomic mass is 16.5. The van der Waals surface area contributed by atoms with Gasteiger partial charge in [-0.2, -0.15) is 5.10 Å². The quantitative estimate of drug-likeness (QED) is 0.666. The fourth-order valence-corrected chi connectivity index (χ4v) is 5.24. The summed E-state index contributed by atoms with van der Waals surface area (Å²) < 4.78 is 8.14. The third kappa shape index (κ3) is 4.43. The van der Waals surface area contributed by atoms with Crippen LogP contribution >= 0.6 is 0 Å². The van der Waals surface area contributed by atoms with Crippen LogP contribution in [0.2, 0.25) is 0 Å². The van der Waals surface area contributed by atoms with Crippen molar-refractivity contribution in [3.63, 3.8) is 0 Å². The van der Waals surface area contributed by atoms with Gasteiger partial charge in [-0.1, -0.05) is 36.4 Å². The minimum absolute atomic E-state index is 0.0155. The van der Waals surface area contributed by atoms with E-state index in [0.29, 0.717) is 12.2 Å². The second-order valence-corrected chi connectivity index (χ2v) is 9.42. The molecule has 2 fully saturated rings. The number of piperidine rings is 1. The van der Waals surface area contributed by atoms with Crippen molar-refractivity contribution in [2.75, 3.05) is 19.6 Å². The second kappa shape index (κ2) is 8.68. The summed E-state index contributed by atoms with van der Waals surface area (Å²) in [5.41, 5.74) is 2.80. The van der Waals surface area contributed by atoms with Crippen LogP contribution in [0.1, 0.15) is 47.4 Å². The van der Waals surface area contributed by atoms with Crippen LogP contribution in [0, 0.1) is 6.92 Å². The Morgan fingerprint density at radius 1 is 1.12 bits per heavy atom. The second-order valence-electron chi connectivity index (χ2n) is 9.42. The summed E-state index contributed by atoms with van der Waals surface area (Å²) in [4.78, 5) is 15.0. The van der Waals surface area contributed by atoms with Gasteiger partial charge in [0.25, 0.3) is 5.91 Å². The Morgan fingerprint density at radius 2 is 1.91 bits per heavy atom. The number of nitrogens with zero attached hydrogens (tertiary/aromatic N) is 3. The SMILES string of the molecule is Cc1cc(C(=O)NCC2CCC3(CCN(Cc4ccc5ccccc5c4)CC3)O2)n(C)n1. The zero-order valence-corrected chi connectivity index (χ0v) is 19.0. The highest BCUT2D eigenvalue weighted by Crippen LogP contribution is 2.39. The van der Waals surface area contributed by atoms with Gasteiger partial charge in [0.2, 0.25) is 0 Å². The molecule has 1 aromatic heterocycles. The topological polar surface area (TPSA) is 59.4 Å². The van der Waals surface area contributed by atoms with Crippen molar-refractivity contribution in [2.45, 2.75) is 50.9 Å². The van der Waals surface area contributed by atoms with Crippen LogP contribution < -0.4 is 5.32 Å². The molecule has 1 unspecified atom stereocenters. The van der Waals surface area contributed by atoms with Gasteiger partial charge in [-0.25, -0.2) is 0 Å². The number of fused-ring (bicyclic) bond motifs is 1. The molecule has 2 aliphatic heterocycles. The van der Waals surface area contributed by atoms with Crippen molar-refractivity contribution in [2.24, 2.45) is 7.05 Å². The number of carbonyl (C=O) groups excluding carboxylic acids is 1. The van der Waals surface area contributed by atoms with Crippen molar-refractivity contribution < 1.29 is 9.53 Å². The number of amides is 1. The van der Waals surface area contributed by atoms with Crippen molar-refractivity contribution in [1.29, 1.82) is 0 Å². The Kier molecular flexibility index (Phi) is 5.74. The Labute approximate surface area is 189 Å². The fourth-order valence-electron chi connectivity index (χ4n) is 5.24. The van der Waals surface area contributed by atoms with Gasteiger partial charge >= 0.3 is 0 Å². The van der Waals surface area contributed by atoms with Crippen LogP contribution in [0.15, 0.2) is 48.5 Å². The van der Waals surface area contributed by atoms with Crippen LogP contribution in [0.25, 0.3) is 10.8 Å². The van der Waals surface area contributed by atoms with E-state index in [1.807, 2.05) is 13.0 Å². The van der Waals surface area contributed by atoms with Gasteiger partial charge in [0.1, 0.15) is 5.69 Å². The van der Waals surface area contributed by atoms with E-state index < -0.39 is 0 Å². The molecule has 2 aromatic carbocycles. The summed E-state index contributed by atoms with van der Waals surface area (Å²) in [5, 5.41) is 9.90. The smallest absolute Gasteiger partial charge is 0.269 e. The number of aromatic nitrogens is 2. The summed E-state index contributed by atoms with van der Waals surface area (Å²) in [6, 6.07) is 17.1. The predicted molar refractivity (Wildman–Crippen MR) is 126 cm³/mol. The lowest BCUT2D eigenvalue weighted by Gasteiger charge is -2.39. The first-order valence-corrected chi connectivity index (χ1v) is 11.7. The molecule has 32 heavy (non-hydrogen) atoms. The summed E-state index contributed by atoms with van der Waals surface area (Å²) >= 11 is 0. The molecule has 1 spiro atoms. The molecule has 6 heteroatoms. The van der Waals surface area contributed by atoms with Crippen LogP contribution in [0.5, 0.6) is 0 Å². The minimum atomic E-state index is -0.0807. The largest absolute Gasteiger partial charge is 0.370 e. The predicted octanol–water partition coefficient (Wildman–Crippen LogP) is 3.83. The van der Waals surface area contributed by atoms with Gasteiger partial charge in [-0.05, 0) is 61.1 Å². The van der Waals surface area contributed by atoms with E-state index in [9.17, 15) is 4.79 Å². The zero-order valence-electron chi connectivity index (χ0n) is 19.0. The molecule has 2 aliphatic rings. The number of ether oxygens (including phenoxy) is 1. The molecular weight excluding hydrogens is 400 g/mol. The maximum Gasteiger partial charge on any atom is 0.269 e. The van der Waals surface area contributed by atoms with Crippen LogP contribution in [0.4, 0.5) is 0 Å². The zero-order chi connectivity index (χ0) is 22.1. The Morgan fingerprint density at radius 3 is 2.66 bits per heavy atom. The van der Waals surface area contributed by atoms with Crippen molar-refractivity contribution in [3.05, 3.63) is 65.5 Å². The van der Waals surface area contributed by atoms with Crippen LogP contribution in [-0.4, -0.2) is 51.9 Å². The molecule has 168 valence electrons.